The Kier molecular flexibility index (Phi) is 4.17. The summed E-state index contributed by atoms with van der Waals surface area (Å²) in [6, 6.07) is 0. The number of fused-ring (bicyclic) bond motifs is 3. The van der Waals surface area contributed by atoms with Gasteiger partial charge in [0.15, 0.2) is 0 Å². The molecule has 1 N–H and O–H groups in total. The van der Waals surface area contributed by atoms with E-state index in [0.29, 0.717) is 24.6 Å². The van der Waals surface area contributed by atoms with Gasteiger partial charge in [0.05, 0.1) is 18.8 Å². The van der Waals surface area contributed by atoms with Crippen molar-refractivity contribution < 1.29 is 32.5 Å². The molecule has 23 heavy (non-hydrogen) atoms. The average Bonchev–Trinajstić information content (AvgIpc) is 2.77. The van der Waals surface area contributed by atoms with Crippen LogP contribution in [-0.4, -0.2) is 46.2 Å². The van der Waals surface area contributed by atoms with Crippen LogP contribution < -0.4 is 0 Å². The fraction of sp³-hybridized carbons (Fsp3) is 0.933. The zero-order valence-corrected chi connectivity index (χ0v) is 13.8. The summed E-state index contributed by atoms with van der Waals surface area (Å²) in [5.74, 6) is -0.776. The SMILES string of the molecule is CCOC(=O)[C@@H]1S[C@]2(C(F)(F)F)C[C@]1(O)C1(CCCCC1)CO2. The van der Waals surface area contributed by atoms with E-state index in [4.69, 9.17) is 9.47 Å². The van der Waals surface area contributed by atoms with Gasteiger partial charge < -0.3 is 14.6 Å². The van der Waals surface area contributed by atoms with Gasteiger partial charge in [-0.1, -0.05) is 31.0 Å². The minimum atomic E-state index is -4.65. The molecule has 1 aliphatic carbocycles. The molecular weight excluding hydrogens is 333 g/mol. The van der Waals surface area contributed by atoms with E-state index in [0.717, 1.165) is 19.3 Å². The molecule has 0 radical (unpaired) electrons. The van der Waals surface area contributed by atoms with Crippen LogP contribution >= 0.6 is 11.8 Å². The van der Waals surface area contributed by atoms with Crippen molar-refractivity contribution in [2.24, 2.45) is 5.41 Å². The van der Waals surface area contributed by atoms with Crippen LogP contribution in [0.4, 0.5) is 13.2 Å². The van der Waals surface area contributed by atoms with Crippen molar-refractivity contribution in [2.75, 3.05) is 13.2 Å². The minimum absolute atomic E-state index is 0.0683. The van der Waals surface area contributed by atoms with E-state index in [1.165, 1.54) is 0 Å². The normalized spacial score (nSPS) is 39.4. The van der Waals surface area contributed by atoms with Gasteiger partial charge in [0.2, 0.25) is 4.93 Å². The van der Waals surface area contributed by atoms with Crippen molar-refractivity contribution in [3.63, 3.8) is 0 Å². The first-order valence-electron chi connectivity index (χ1n) is 7.97. The van der Waals surface area contributed by atoms with Crippen molar-refractivity contribution in [1.82, 2.24) is 0 Å². The van der Waals surface area contributed by atoms with E-state index in [-0.39, 0.29) is 13.2 Å². The third kappa shape index (κ3) is 2.40. The Hall–Kier alpha value is -0.470. The largest absolute Gasteiger partial charge is 0.465 e. The van der Waals surface area contributed by atoms with Crippen LogP contribution in [0, 0.1) is 5.41 Å². The number of halogens is 3. The Morgan fingerprint density at radius 1 is 1.35 bits per heavy atom. The molecule has 2 heterocycles. The number of carbonyl (C=O) groups excluding carboxylic acids is 1. The summed E-state index contributed by atoms with van der Waals surface area (Å²) in [4.78, 5) is 9.75. The minimum Gasteiger partial charge on any atom is -0.465 e. The highest BCUT2D eigenvalue weighted by molar-refractivity contribution is 8.02. The molecule has 8 heteroatoms. The highest BCUT2D eigenvalue weighted by Gasteiger charge is 2.77. The number of hydrogen-bond acceptors (Lipinski definition) is 5. The van der Waals surface area contributed by atoms with Gasteiger partial charge in [-0.25, -0.2) is 0 Å². The maximum atomic E-state index is 13.6. The van der Waals surface area contributed by atoms with Gasteiger partial charge in [-0.05, 0) is 19.8 Å². The standard InChI is InChI=1S/C15H21F3O4S/c1-2-21-11(19)10-13(20)8-14(23-10,15(16,17)18)22-9-12(13)6-4-3-5-7-12/h10,20H,2-9H2,1H3/t10-,13+,14-/m0/s1. The lowest BCUT2D eigenvalue weighted by Crippen LogP contribution is -2.63. The average molecular weight is 354 g/mol. The monoisotopic (exact) mass is 354 g/mol. The Bertz CT molecular complexity index is 492. The second-order valence-corrected chi connectivity index (χ2v) is 8.10. The quantitative estimate of drug-likeness (QED) is 0.773. The summed E-state index contributed by atoms with van der Waals surface area (Å²) in [5, 5.41) is 10.0. The van der Waals surface area contributed by atoms with Crippen molar-refractivity contribution in [2.45, 2.75) is 67.4 Å². The number of hydrogen-bond donors (Lipinski definition) is 1. The maximum Gasteiger partial charge on any atom is 0.427 e. The molecule has 1 spiro atoms. The second kappa shape index (κ2) is 5.52. The topological polar surface area (TPSA) is 55.8 Å². The van der Waals surface area contributed by atoms with Crippen LogP contribution in [0.25, 0.3) is 0 Å². The smallest absolute Gasteiger partial charge is 0.427 e. The van der Waals surface area contributed by atoms with Gasteiger partial charge in [0.1, 0.15) is 5.25 Å². The predicted molar refractivity (Wildman–Crippen MR) is 77.8 cm³/mol. The Morgan fingerprint density at radius 3 is 2.57 bits per heavy atom. The highest BCUT2D eigenvalue weighted by atomic mass is 32.2. The van der Waals surface area contributed by atoms with Gasteiger partial charge in [0, 0.05) is 11.8 Å². The van der Waals surface area contributed by atoms with Gasteiger partial charge >= 0.3 is 12.1 Å². The first-order chi connectivity index (χ1) is 10.7. The van der Waals surface area contributed by atoms with Crippen LogP contribution in [0.3, 0.4) is 0 Å². The van der Waals surface area contributed by atoms with Crippen molar-refractivity contribution in [3.05, 3.63) is 0 Å². The van der Waals surface area contributed by atoms with E-state index >= 15 is 0 Å². The summed E-state index contributed by atoms with van der Waals surface area (Å²) in [5.41, 5.74) is -2.53. The van der Waals surface area contributed by atoms with Crippen LogP contribution in [0.5, 0.6) is 0 Å². The Balaban J connectivity index is 2.01. The molecule has 3 aliphatic rings. The van der Waals surface area contributed by atoms with E-state index in [9.17, 15) is 23.1 Å². The van der Waals surface area contributed by atoms with E-state index in [1.54, 1.807) is 6.92 Å². The molecule has 0 unspecified atom stereocenters. The zero-order chi connectivity index (χ0) is 16.9. The summed E-state index contributed by atoms with van der Waals surface area (Å²) in [7, 11) is 0. The van der Waals surface area contributed by atoms with Crippen molar-refractivity contribution in [1.29, 1.82) is 0 Å². The molecule has 3 rings (SSSR count). The second-order valence-electron chi connectivity index (χ2n) is 6.73. The number of rotatable bonds is 2. The molecule has 0 aromatic rings. The lowest BCUT2D eigenvalue weighted by molar-refractivity contribution is -0.295. The molecule has 2 aliphatic heterocycles. The predicted octanol–water partition coefficient (Wildman–Crippen LogP) is 3.03. The van der Waals surface area contributed by atoms with E-state index in [1.807, 2.05) is 0 Å². The Morgan fingerprint density at radius 2 is 2.00 bits per heavy atom. The first kappa shape index (κ1) is 17.4. The summed E-state index contributed by atoms with van der Waals surface area (Å²) < 4.78 is 50.9. The molecule has 2 bridgehead atoms. The summed E-state index contributed by atoms with van der Waals surface area (Å²) >= 11 is 0.378. The number of carbonyl (C=O) groups is 1. The number of esters is 1. The number of aliphatic hydroxyl groups is 1. The zero-order valence-electron chi connectivity index (χ0n) is 12.9. The fourth-order valence-electron chi connectivity index (χ4n) is 4.22. The molecule has 3 fully saturated rings. The van der Waals surface area contributed by atoms with Gasteiger partial charge in [-0.3, -0.25) is 4.79 Å². The van der Waals surface area contributed by atoms with Crippen LogP contribution in [0.15, 0.2) is 0 Å². The van der Waals surface area contributed by atoms with Crippen molar-refractivity contribution in [3.8, 4) is 0 Å². The summed E-state index contributed by atoms with van der Waals surface area (Å²) in [6.07, 6.45) is -1.46. The molecule has 132 valence electrons. The van der Waals surface area contributed by atoms with Gasteiger partial charge in [0.25, 0.3) is 0 Å². The molecule has 0 aromatic heterocycles. The molecule has 0 aromatic carbocycles. The maximum absolute atomic E-state index is 13.6. The van der Waals surface area contributed by atoms with Crippen molar-refractivity contribution >= 4 is 17.7 Å². The molecule has 0 amide bonds. The first-order valence-corrected chi connectivity index (χ1v) is 8.85. The number of thioether (sulfide) groups is 1. The molecule has 2 saturated heterocycles. The van der Waals surface area contributed by atoms with Crippen LogP contribution in [-0.2, 0) is 14.3 Å². The van der Waals surface area contributed by atoms with Crippen LogP contribution in [0.1, 0.15) is 45.4 Å². The summed E-state index contributed by atoms with van der Waals surface area (Å²) in [6.45, 7) is 1.50. The van der Waals surface area contributed by atoms with Crippen LogP contribution in [0.2, 0.25) is 0 Å². The lowest BCUT2D eigenvalue weighted by Gasteiger charge is -2.53. The molecule has 1 saturated carbocycles. The number of alkyl halides is 3. The molecule has 4 nitrogen and oxygen atoms in total. The van der Waals surface area contributed by atoms with E-state index < -0.39 is 39.8 Å². The molecular formula is C15H21F3O4S. The fourth-order valence-corrected chi connectivity index (χ4v) is 5.86. The number of ether oxygens (including phenoxy) is 2. The molecule has 3 atom stereocenters. The van der Waals surface area contributed by atoms with Gasteiger partial charge in [-0.15, -0.1) is 0 Å². The van der Waals surface area contributed by atoms with E-state index in [2.05, 4.69) is 0 Å². The third-order valence-corrected chi connectivity index (χ3v) is 7.18. The lowest BCUT2D eigenvalue weighted by atomic mass is 9.59. The van der Waals surface area contributed by atoms with Gasteiger partial charge in [-0.2, -0.15) is 13.2 Å². The Labute approximate surface area is 137 Å². The third-order valence-electron chi connectivity index (χ3n) is 5.49. The highest BCUT2D eigenvalue weighted by Crippen LogP contribution is 2.67.